The average Bonchev–Trinajstić information content (AvgIpc) is 2.30. The highest BCUT2D eigenvalue weighted by molar-refractivity contribution is 5.57. The zero-order valence-electron chi connectivity index (χ0n) is 13.5. The lowest BCUT2D eigenvalue weighted by atomic mass is 9.94. The Labute approximate surface area is 122 Å². The van der Waals surface area contributed by atoms with E-state index in [-0.39, 0.29) is 0 Å². The van der Waals surface area contributed by atoms with Crippen molar-refractivity contribution in [2.45, 2.75) is 53.6 Å². The molecule has 1 aromatic rings. The van der Waals surface area contributed by atoms with Crippen LogP contribution in [0.1, 0.15) is 45.5 Å². The van der Waals surface area contributed by atoms with Crippen LogP contribution in [-0.4, -0.2) is 33.8 Å². The van der Waals surface area contributed by atoms with Gasteiger partial charge < -0.3 is 15.7 Å². The summed E-state index contributed by atoms with van der Waals surface area (Å²) >= 11 is 0. The molecular formula is C15H28N4O. The smallest absolute Gasteiger partial charge is 0.134 e. The van der Waals surface area contributed by atoms with Gasteiger partial charge in [-0.05, 0) is 40.0 Å². The molecule has 1 heterocycles. The van der Waals surface area contributed by atoms with Gasteiger partial charge in [0.2, 0.25) is 0 Å². The zero-order valence-corrected chi connectivity index (χ0v) is 13.5. The Bertz CT molecular complexity index is 444. The molecule has 0 aliphatic carbocycles. The molecule has 5 heteroatoms. The molecule has 20 heavy (non-hydrogen) atoms. The quantitative estimate of drug-likeness (QED) is 0.716. The van der Waals surface area contributed by atoms with Gasteiger partial charge in [0, 0.05) is 18.7 Å². The van der Waals surface area contributed by atoms with E-state index in [4.69, 9.17) is 0 Å². The second kappa shape index (κ2) is 6.88. The Morgan fingerprint density at radius 2 is 1.70 bits per heavy atom. The number of aromatic nitrogens is 2. The third-order valence-electron chi connectivity index (χ3n) is 3.09. The van der Waals surface area contributed by atoms with Gasteiger partial charge in [-0.1, -0.05) is 13.8 Å². The molecule has 0 aliphatic rings. The van der Waals surface area contributed by atoms with E-state index in [1.165, 1.54) is 0 Å². The van der Waals surface area contributed by atoms with Gasteiger partial charge in [0.15, 0.2) is 0 Å². The molecule has 0 fully saturated rings. The van der Waals surface area contributed by atoms with Gasteiger partial charge in [-0.15, -0.1) is 0 Å². The first-order valence-electron chi connectivity index (χ1n) is 7.30. The summed E-state index contributed by atoms with van der Waals surface area (Å²) in [5.41, 5.74) is 0.246. The highest BCUT2D eigenvalue weighted by Gasteiger charge is 2.22. The van der Waals surface area contributed by atoms with Crippen LogP contribution in [0, 0.1) is 19.8 Å². The minimum atomic E-state index is -0.738. The maximum absolute atomic E-state index is 10.4. The van der Waals surface area contributed by atoms with Crippen LogP contribution < -0.4 is 10.6 Å². The van der Waals surface area contributed by atoms with Crippen molar-refractivity contribution in [1.82, 2.24) is 9.97 Å². The summed E-state index contributed by atoms with van der Waals surface area (Å²) < 4.78 is 0. The van der Waals surface area contributed by atoms with Crippen LogP contribution in [-0.2, 0) is 0 Å². The topological polar surface area (TPSA) is 70.1 Å². The van der Waals surface area contributed by atoms with Crippen LogP contribution in [0.5, 0.6) is 0 Å². The van der Waals surface area contributed by atoms with Crippen molar-refractivity contribution in [2.75, 3.05) is 23.7 Å². The first kappa shape index (κ1) is 16.7. The van der Waals surface area contributed by atoms with Gasteiger partial charge in [-0.2, -0.15) is 0 Å². The van der Waals surface area contributed by atoms with Crippen molar-refractivity contribution in [3.8, 4) is 0 Å². The number of rotatable bonds is 7. The van der Waals surface area contributed by atoms with E-state index in [2.05, 4.69) is 34.4 Å². The number of anilines is 2. The molecule has 1 rings (SSSR count). The molecule has 1 unspecified atom stereocenters. The Hall–Kier alpha value is -1.36. The summed E-state index contributed by atoms with van der Waals surface area (Å²) in [4.78, 5) is 8.82. The molecule has 0 saturated heterocycles. The van der Waals surface area contributed by atoms with Gasteiger partial charge in [0.25, 0.3) is 0 Å². The predicted molar refractivity (Wildman–Crippen MR) is 84.2 cm³/mol. The van der Waals surface area contributed by atoms with Crippen molar-refractivity contribution in [2.24, 2.45) is 5.92 Å². The van der Waals surface area contributed by atoms with Crippen molar-refractivity contribution < 1.29 is 5.11 Å². The summed E-state index contributed by atoms with van der Waals surface area (Å²) in [6, 6.07) is 0. The molecular weight excluding hydrogens is 252 g/mol. The first-order chi connectivity index (χ1) is 9.25. The Balaban J connectivity index is 2.82. The highest BCUT2D eigenvalue weighted by atomic mass is 16.3. The molecule has 0 aliphatic heterocycles. The summed E-state index contributed by atoms with van der Waals surface area (Å²) in [6.45, 7) is 13.3. The van der Waals surface area contributed by atoms with Gasteiger partial charge in [0.1, 0.15) is 17.5 Å². The molecule has 0 bridgehead atoms. The molecule has 5 nitrogen and oxygen atoms in total. The maximum Gasteiger partial charge on any atom is 0.134 e. The standard InChI is InChI=1S/C15H28N4O/c1-7-16-13-11(4)14(19-12(5)18-13)17-9-15(6,20)8-10(2)3/h10,20H,7-9H2,1-6H3,(H2,16,17,18,19). The van der Waals surface area contributed by atoms with Crippen molar-refractivity contribution in [3.05, 3.63) is 11.4 Å². The molecule has 0 amide bonds. The molecule has 1 atom stereocenters. The second-order valence-electron chi connectivity index (χ2n) is 6.07. The van der Waals surface area contributed by atoms with Crippen LogP contribution in [0.2, 0.25) is 0 Å². The summed E-state index contributed by atoms with van der Waals surface area (Å²) in [5.74, 6) is 2.82. The molecule has 3 N–H and O–H groups in total. The molecule has 114 valence electrons. The molecule has 0 radical (unpaired) electrons. The van der Waals surface area contributed by atoms with Crippen molar-refractivity contribution >= 4 is 11.6 Å². The normalized spacial score (nSPS) is 14.2. The van der Waals surface area contributed by atoms with Crippen molar-refractivity contribution in [3.63, 3.8) is 0 Å². The zero-order chi connectivity index (χ0) is 15.3. The fourth-order valence-corrected chi connectivity index (χ4v) is 2.37. The number of hydrogen-bond acceptors (Lipinski definition) is 5. The average molecular weight is 280 g/mol. The van der Waals surface area contributed by atoms with E-state index >= 15 is 0 Å². The number of aryl methyl sites for hydroxylation is 1. The first-order valence-corrected chi connectivity index (χ1v) is 7.30. The SMILES string of the molecule is CCNc1nc(C)nc(NCC(C)(O)CC(C)C)c1C. The van der Waals surface area contributed by atoms with Gasteiger partial charge >= 0.3 is 0 Å². The van der Waals surface area contributed by atoms with Gasteiger partial charge in [0.05, 0.1) is 5.60 Å². The third kappa shape index (κ3) is 4.96. The van der Waals surface area contributed by atoms with E-state index in [1.54, 1.807) is 0 Å². The highest BCUT2D eigenvalue weighted by Crippen LogP contribution is 2.22. The molecule has 0 spiro atoms. The fraction of sp³-hybridized carbons (Fsp3) is 0.733. The number of aliphatic hydroxyl groups is 1. The summed E-state index contributed by atoms with van der Waals surface area (Å²) in [5, 5.41) is 16.8. The van der Waals surface area contributed by atoms with Crippen LogP contribution >= 0.6 is 0 Å². The Morgan fingerprint density at radius 3 is 2.20 bits per heavy atom. The van der Waals surface area contributed by atoms with E-state index < -0.39 is 5.60 Å². The number of nitrogens with one attached hydrogen (secondary N) is 2. The number of nitrogens with zero attached hydrogens (tertiary/aromatic N) is 2. The van der Waals surface area contributed by atoms with E-state index in [0.29, 0.717) is 12.5 Å². The number of hydrogen-bond donors (Lipinski definition) is 3. The van der Waals surface area contributed by atoms with Crippen LogP contribution in [0.3, 0.4) is 0 Å². The molecule has 0 aromatic carbocycles. The Kier molecular flexibility index (Phi) is 5.74. The maximum atomic E-state index is 10.4. The monoisotopic (exact) mass is 280 g/mol. The van der Waals surface area contributed by atoms with Crippen LogP contribution in [0.15, 0.2) is 0 Å². The molecule has 1 aromatic heterocycles. The summed E-state index contributed by atoms with van der Waals surface area (Å²) in [7, 11) is 0. The second-order valence-corrected chi connectivity index (χ2v) is 6.07. The van der Waals surface area contributed by atoms with Crippen LogP contribution in [0.4, 0.5) is 11.6 Å². The van der Waals surface area contributed by atoms with E-state index in [0.717, 1.165) is 36.0 Å². The van der Waals surface area contributed by atoms with Crippen LogP contribution in [0.25, 0.3) is 0 Å². The van der Waals surface area contributed by atoms with Gasteiger partial charge in [-0.3, -0.25) is 0 Å². The summed E-state index contributed by atoms with van der Waals surface area (Å²) in [6.07, 6.45) is 0.753. The largest absolute Gasteiger partial charge is 0.388 e. The van der Waals surface area contributed by atoms with Crippen molar-refractivity contribution in [1.29, 1.82) is 0 Å². The lowest BCUT2D eigenvalue weighted by Crippen LogP contribution is -2.35. The lowest BCUT2D eigenvalue weighted by Gasteiger charge is -2.26. The van der Waals surface area contributed by atoms with E-state index in [9.17, 15) is 5.11 Å². The minimum Gasteiger partial charge on any atom is -0.388 e. The predicted octanol–water partition coefficient (Wildman–Crippen LogP) is 2.73. The minimum absolute atomic E-state index is 0.456. The molecule has 0 saturated carbocycles. The fourth-order valence-electron chi connectivity index (χ4n) is 2.37. The third-order valence-corrected chi connectivity index (χ3v) is 3.09. The Morgan fingerprint density at radius 1 is 1.15 bits per heavy atom. The van der Waals surface area contributed by atoms with E-state index in [1.807, 2.05) is 27.7 Å². The lowest BCUT2D eigenvalue weighted by molar-refractivity contribution is 0.0514. The van der Waals surface area contributed by atoms with Gasteiger partial charge in [-0.25, -0.2) is 9.97 Å².